The Kier molecular flexibility index (Phi) is 4.51. The summed E-state index contributed by atoms with van der Waals surface area (Å²) in [4.78, 5) is 11.9. The second kappa shape index (κ2) is 6.45. The van der Waals surface area contributed by atoms with Crippen LogP contribution in [0.15, 0.2) is 42.5 Å². The van der Waals surface area contributed by atoms with Gasteiger partial charge in [-0.1, -0.05) is 34.1 Å². The number of carbonyl (C=O) groups is 1. The van der Waals surface area contributed by atoms with Crippen molar-refractivity contribution in [3.63, 3.8) is 0 Å². The predicted molar refractivity (Wildman–Crippen MR) is 94.0 cm³/mol. The monoisotopic (exact) mass is 411 g/mol. The summed E-state index contributed by atoms with van der Waals surface area (Å²) in [7, 11) is -3.52. The molecule has 1 aliphatic heterocycles. The van der Waals surface area contributed by atoms with Crippen molar-refractivity contribution in [2.75, 3.05) is 17.6 Å². The third kappa shape index (κ3) is 3.70. The standard InChI is InChI=1S/C16H14BrNO5S/c1-24(20,21)18-13-8-14-11(16(19)12(17)9-22-14)7-15(13)23-10-5-3-2-4-6-10/h2-8,12,18H,9H2,1H3. The van der Waals surface area contributed by atoms with Gasteiger partial charge in [-0.05, 0) is 18.2 Å². The van der Waals surface area contributed by atoms with Crippen LogP contribution in [0.1, 0.15) is 10.4 Å². The van der Waals surface area contributed by atoms with Crippen LogP contribution in [-0.4, -0.2) is 31.9 Å². The maximum Gasteiger partial charge on any atom is 0.229 e. The van der Waals surface area contributed by atoms with Crippen LogP contribution in [0.3, 0.4) is 0 Å². The van der Waals surface area contributed by atoms with Crippen molar-refractivity contribution in [3.8, 4) is 17.2 Å². The molecule has 0 aromatic heterocycles. The lowest BCUT2D eigenvalue weighted by molar-refractivity contribution is 0.0946. The molecular weight excluding hydrogens is 398 g/mol. The number of fused-ring (bicyclic) bond motifs is 1. The zero-order valence-electron chi connectivity index (χ0n) is 12.7. The number of para-hydroxylation sites is 1. The summed E-state index contributed by atoms with van der Waals surface area (Å²) >= 11 is 3.26. The molecule has 2 aromatic carbocycles. The van der Waals surface area contributed by atoms with Crippen molar-refractivity contribution < 1.29 is 22.7 Å². The normalized spacial score (nSPS) is 16.9. The molecule has 0 saturated heterocycles. The molecular formula is C16H14BrNO5S. The summed E-state index contributed by atoms with van der Waals surface area (Å²) < 4.78 is 36.9. The van der Waals surface area contributed by atoms with Crippen LogP contribution in [0, 0.1) is 0 Å². The van der Waals surface area contributed by atoms with Crippen molar-refractivity contribution in [1.29, 1.82) is 0 Å². The van der Waals surface area contributed by atoms with E-state index >= 15 is 0 Å². The smallest absolute Gasteiger partial charge is 0.229 e. The number of hydrogen-bond donors (Lipinski definition) is 1. The number of ketones is 1. The molecule has 3 rings (SSSR count). The van der Waals surface area contributed by atoms with Gasteiger partial charge in [-0.25, -0.2) is 8.42 Å². The van der Waals surface area contributed by atoms with Gasteiger partial charge in [0.1, 0.15) is 22.9 Å². The topological polar surface area (TPSA) is 81.7 Å². The molecule has 126 valence electrons. The van der Waals surface area contributed by atoms with Crippen LogP contribution >= 0.6 is 15.9 Å². The molecule has 1 aliphatic rings. The Balaban J connectivity index is 2.08. The molecule has 2 aromatic rings. The summed E-state index contributed by atoms with van der Waals surface area (Å²) in [5, 5.41) is 0. The van der Waals surface area contributed by atoms with Crippen LogP contribution in [0.25, 0.3) is 0 Å². The number of anilines is 1. The number of halogens is 1. The molecule has 24 heavy (non-hydrogen) atoms. The highest BCUT2D eigenvalue weighted by Crippen LogP contribution is 2.39. The van der Waals surface area contributed by atoms with Gasteiger partial charge < -0.3 is 9.47 Å². The number of sulfonamides is 1. The van der Waals surface area contributed by atoms with Gasteiger partial charge in [-0.2, -0.15) is 0 Å². The van der Waals surface area contributed by atoms with Crippen molar-refractivity contribution in [3.05, 3.63) is 48.0 Å². The van der Waals surface area contributed by atoms with E-state index in [2.05, 4.69) is 20.7 Å². The molecule has 0 spiro atoms. The molecule has 6 nitrogen and oxygen atoms in total. The van der Waals surface area contributed by atoms with Gasteiger partial charge in [0.2, 0.25) is 10.0 Å². The number of carbonyl (C=O) groups excluding carboxylic acids is 1. The molecule has 0 amide bonds. The Hall–Kier alpha value is -2.06. The average molecular weight is 412 g/mol. The zero-order valence-corrected chi connectivity index (χ0v) is 15.1. The molecule has 0 saturated carbocycles. The van der Waals surface area contributed by atoms with E-state index < -0.39 is 14.9 Å². The van der Waals surface area contributed by atoms with Crippen LogP contribution < -0.4 is 14.2 Å². The SMILES string of the molecule is CS(=O)(=O)Nc1cc2c(cc1Oc1ccccc1)C(=O)C(Br)CO2. The van der Waals surface area contributed by atoms with Crippen molar-refractivity contribution in [1.82, 2.24) is 0 Å². The van der Waals surface area contributed by atoms with E-state index in [0.29, 0.717) is 17.1 Å². The first kappa shape index (κ1) is 16.8. The molecule has 1 heterocycles. The molecule has 0 bridgehead atoms. The van der Waals surface area contributed by atoms with E-state index in [1.54, 1.807) is 24.3 Å². The van der Waals surface area contributed by atoms with E-state index in [9.17, 15) is 13.2 Å². The van der Waals surface area contributed by atoms with Crippen molar-refractivity contribution >= 4 is 37.4 Å². The first-order valence-electron chi connectivity index (χ1n) is 7.03. The number of ether oxygens (including phenoxy) is 2. The first-order valence-corrected chi connectivity index (χ1v) is 9.84. The van der Waals surface area contributed by atoms with Crippen LogP contribution in [0.2, 0.25) is 0 Å². The minimum absolute atomic E-state index is 0.139. The van der Waals surface area contributed by atoms with E-state index in [-0.39, 0.29) is 23.8 Å². The quantitative estimate of drug-likeness (QED) is 0.781. The van der Waals surface area contributed by atoms with Crippen LogP contribution in [0.4, 0.5) is 5.69 Å². The lowest BCUT2D eigenvalue weighted by Crippen LogP contribution is -2.28. The third-order valence-electron chi connectivity index (χ3n) is 3.28. The highest BCUT2D eigenvalue weighted by Gasteiger charge is 2.29. The molecule has 1 unspecified atom stereocenters. The minimum Gasteiger partial charge on any atom is -0.491 e. The third-order valence-corrected chi connectivity index (χ3v) is 4.55. The van der Waals surface area contributed by atoms with Crippen LogP contribution in [0.5, 0.6) is 17.2 Å². The van der Waals surface area contributed by atoms with E-state index in [0.717, 1.165) is 6.26 Å². The number of hydrogen-bond acceptors (Lipinski definition) is 5. The fraction of sp³-hybridized carbons (Fsp3) is 0.188. The van der Waals surface area contributed by atoms with Crippen molar-refractivity contribution in [2.45, 2.75) is 4.83 Å². The fourth-order valence-electron chi connectivity index (χ4n) is 2.26. The second-order valence-electron chi connectivity index (χ2n) is 5.28. The summed E-state index contributed by atoms with van der Waals surface area (Å²) in [6.07, 6.45) is 1.04. The van der Waals surface area contributed by atoms with E-state index in [1.807, 2.05) is 6.07 Å². The first-order chi connectivity index (χ1) is 11.3. The van der Waals surface area contributed by atoms with Gasteiger partial charge in [0.15, 0.2) is 11.5 Å². The Bertz CT molecular complexity index is 883. The number of nitrogens with one attached hydrogen (secondary N) is 1. The predicted octanol–water partition coefficient (Wildman–Crippen LogP) is 3.19. The minimum atomic E-state index is -3.52. The van der Waals surface area contributed by atoms with E-state index in [1.165, 1.54) is 12.1 Å². The Morgan fingerprint density at radius 1 is 1.25 bits per heavy atom. The van der Waals surface area contributed by atoms with Gasteiger partial charge >= 0.3 is 0 Å². The Labute approximate surface area is 148 Å². The molecule has 0 fully saturated rings. The fourth-order valence-corrected chi connectivity index (χ4v) is 3.20. The molecule has 1 atom stereocenters. The Morgan fingerprint density at radius 3 is 2.62 bits per heavy atom. The number of Topliss-reactive ketones (excluding diaryl/α,β-unsaturated/α-hetero) is 1. The van der Waals surface area contributed by atoms with Gasteiger partial charge in [0.05, 0.1) is 17.5 Å². The number of benzene rings is 2. The average Bonchev–Trinajstić information content (AvgIpc) is 2.52. The zero-order chi connectivity index (χ0) is 17.3. The van der Waals surface area contributed by atoms with Crippen molar-refractivity contribution in [2.24, 2.45) is 0 Å². The highest BCUT2D eigenvalue weighted by atomic mass is 79.9. The van der Waals surface area contributed by atoms with E-state index in [4.69, 9.17) is 9.47 Å². The summed E-state index contributed by atoms with van der Waals surface area (Å²) in [5.74, 6) is 0.930. The van der Waals surface area contributed by atoms with Gasteiger partial charge in [0, 0.05) is 6.07 Å². The molecule has 0 aliphatic carbocycles. The van der Waals surface area contributed by atoms with Gasteiger partial charge in [0.25, 0.3) is 0 Å². The maximum atomic E-state index is 12.3. The number of rotatable bonds is 4. The van der Waals surface area contributed by atoms with Gasteiger partial charge in [-0.15, -0.1) is 0 Å². The molecule has 1 N–H and O–H groups in total. The Morgan fingerprint density at radius 2 is 1.96 bits per heavy atom. The van der Waals surface area contributed by atoms with Crippen LogP contribution in [-0.2, 0) is 10.0 Å². The lowest BCUT2D eigenvalue weighted by Gasteiger charge is -2.22. The van der Waals surface area contributed by atoms with Gasteiger partial charge in [-0.3, -0.25) is 9.52 Å². The largest absolute Gasteiger partial charge is 0.491 e. The maximum absolute atomic E-state index is 12.3. The highest BCUT2D eigenvalue weighted by molar-refractivity contribution is 9.10. The molecule has 8 heteroatoms. The summed E-state index contributed by atoms with van der Waals surface area (Å²) in [6.45, 7) is 0.184. The number of alkyl halides is 1. The molecule has 0 radical (unpaired) electrons. The lowest BCUT2D eigenvalue weighted by atomic mass is 10.0. The second-order valence-corrected chi connectivity index (χ2v) is 8.13. The summed E-state index contributed by atoms with van der Waals surface area (Å²) in [5.41, 5.74) is 0.550. The summed E-state index contributed by atoms with van der Waals surface area (Å²) in [6, 6.07) is 11.8.